The third-order valence-electron chi connectivity index (χ3n) is 3.56. The minimum atomic E-state index is -1.60. The Bertz CT molecular complexity index is 474. The second-order valence-electron chi connectivity index (χ2n) is 5.27. The number of carbonyl (C=O) groups excluding carboxylic acids is 1. The highest BCUT2D eigenvalue weighted by atomic mass is 19.2. The van der Waals surface area contributed by atoms with Crippen molar-refractivity contribution in [3.8, 4) is 0 Å². The van der Waals surface area contributed by atoms with Crippen LogP contribution in [0.4, 0.5) is 13.2 Å². The summed E-state index contributed by atoms with van der Waals surface area (Å²) in [4.78, 5) is 11.9. The molecule has 1 aromatic rings. The lowest BCUT2D eigenvalue weighted by atomic mass is 9.87. The van der Waals surface area contributed by atoms with Gasteiger partial charge in [0.1, 0.15) is 0 Å². The van der Waals surface area contributed by atoms with Crippen molar-refractivity contribution in [1.82, 2.24) is 0 Å². The molecule has 0 fully saturated rings. The van der Waals surface area contributed by atoms with Crippen molar-refractivity contribution in [1.29, 1.82) is 0 Å². The molecule has 0 spiro atoms. The van der Waals surface area contributed by atoms with Crippen molar-refractivity contribution in [2.24, 2.45) is 17.6 Å². The molecule has 0 radical (unpaired) electrons. The van der Waals surface area contributed by atoms with Gasteiger partial charge in [0.15, 0.2) is 23.2 Å². The van der Waals surface area contributed by atoms with E-state index in [9.17, 15) is 18.0 Å². The van der Waals surface area contributed by atoms with Gasteiger partial charge in [-0.1, -0.05) is 13.8 Å². The van der Waals surface area contributed by atoms with E-state index in [-0.39, 0.29) is 17.9 Å². The van der Waals surface area contributed by atoms with Crippen LogP contribution < -0.4 is 5.73 Å². The normalized spacial score (nSPS) is 12.8. The highest BCUT2D eigenvalue weighted by molar-refractivity contribution is 5.96. The van der Waals surface area contributed by atoms with Crippen LogP contribution in [0.15, 0.2) is 12.1 Å². The summed E-state index contributed by atoms with van der Waals surface area (Å²) in [7, 11) is 0. The lowest BCUT2D eigenvalue weighted by molar-refractivity contribution is 0.0964. The van der Waals surface area contributed by atoms with Crippen molar-refractivity contribution >= 4 is 5.78 Å². The van der Waals surface area contributed by atoms with Crippen LogP contribution in [0.5, 0.6) is 0 Å². The molecule has 0 aliphatic rings. The van der Waals surface area contributed by atoms with E-state index in [1.165, 1.54) is 0 Å². The molecule has 20 heavy (non-hydrogen) atoms. The predicted octanol–water partition coefficient (Wildman–Crippen LogP) is 3.69. The van der Waals surface area contributed by atoms with Gasteiger partial charge in [-0.25, -0.2) is 13.2 Å². The zero-order valence-electron chi connectivity index (χ0n) is 11.8. The Balaban J connectivity index is 2.74. The van der Waals surface area contributed by atoms with E-state index in [1.807, 2.05) is 13.8 Å². The molecular formula is C15H20F3NO. The Morgan fingerprint density at radius 1 is 1.15 bits per heavy atom. The number of rotatable bonds is 7. The summed E-state index contributed by atoms with van der Waals surface area (Å²) in [5, 5.41) is 0. The molecule has 0 saturated carbocycles. The number of hydrogen-bond donors (Lipinski definition) is 1. The van der Waals surface area contributed by atoms with Gasteiger partial charge in [-0.15, -0.1) is 0 Å². The minimum absolute atomic E-state index is 0.102. The monoisotopic (exact) mass is 287 g/mol. The standard InChI is InChI=1S/C15H20F3NO/c1-9(2)10(7-8-19)3-6-13(20)11-4-5-12(16)15(18)14(11)17/h4-5,9-10H,3,6-8,19H2,1-2H3. The van der Waals surface area contributed by atoms with Crippen LogP contribution in [-0.2, 0) is 0 Å². The molecular weight excluding hydrogens is 267 g/mol. The van der Waals surface area contributed by atoms with E-state index in [4.69, 9.17) is 5.73 Å². The predicted molar refractivity (Wildman–Crippen MR) is 71.9 cm³/mol. The van der Waals surface area contributed by atoms with Gasteiger partial charge >= 0.3 is 0 Å². The Labute approximate surface area is 117 Å². The van der Waals surface area contributed by atoms with Gasteiger partial charge in [-0.3, -0.25) is 4.79 Å². The van der Waals surface area contributed by atoms with Gasteiger partial charge in [-0.2, -0.15) is 0 Å². The Hall–Kier alpha value is -1.36. The lowest BCUT2D eigenvalue weighted by Gasteiger charge is -2.19. The lowest BCUT2D eigenvalue weighted by Crippen LogP contribution is -2.16. The zero-order valence-corrected chi connectivity index (χ0v) is 11.8. The fourth-order valence-electron chi connectivity index (χ4n) is 2.22. The summed E-state index contributed by atoms with van der Waals surface area (Å²) in [6.07, 6.45) is 1.45. The van der Waals surface area contributed by atoms with Crippen molar-refractivity contribution in [3.05, 3.63) is 35.1 Å². The third-order valence-corrected chi connectivity index (χ3v) is 3.56. The van der Waals surface area contributed by atoms with Crippen LogP contribution in [0, 0.1) is 29.3 Å². The molecule has 0 amide bonds. The van der Waals surface area contributed by atoms with Crippen molar-refractivity contribution in [3.63, 3.8) is 0 Å². The molecule has 1 unspecified atom stereocenters. The smallest absolute Gasteiger partial charge is 0.195 e. The molecule has 0 aliphatic heterocycles. The van der Waals surface area contributed by atoms with Crippen molar-refractivity contribution in [2.75, 3.05) is 6.54 Å². The SMILES string of the molecule is CC(C)C(CCN)CCC(=O)c1ccc(F)c(F)c1F. The average molecular weight is 287 g/mol. The number of Topliss-reactive ketones (excluding diaryl/α,β-unsaturated/α-hetero) is 1. The first-order valence-corrected chi connectivity index (χ1v) is 6.75. The fourth-order valence-corrected chi connectivity index (χ4v) is 2.22. The molecule has 5 heteroatoms. The quantitative estimate of drug-likeness (QED) is 0.614. The summed E-state index contributed by atoms with van der Waals surface area (Å²) in [5.74, 6) is -4.18. The molecule has 0 saturated heterocycles. The van der Waals surface area contributed by atoms with Gasteiger partial charge in [0, 0.05) is 6.42 Å². The topological polar surface area (TPSA) is 43.1 Å². The van der Waals surface area contributed by atoms with Gasteiger partial charge in [0.2, 0.25) is 0 Å². The number of hydrogen-bond acceptors (Lipinski definition) is 2. The van der Waals surface area contributed by atoms with E-state index >= 15 is 0 Å². The molecule has 1 rings (SSSR count). The number of carbonyl (C=O) groups is 1. The van der Waals surface area contributed by atoms with E-state index in [0.29, 0.717) is 18.9 Å². The molecule has 0 aromatic heterocycles. The molecule has 0 bridgehead atoms. The molecule has 2 nitrogen and oxygen atoms in total. The molecule has 2 N–H and O–H groups in total. The van der Waals surface area contributed by atoms with Crippen LogP contribution in [0.3, 0.4) is 0 Å². The highest BCUT2D eigenvalue weighted by Gasteiger charge is 2.20. The Kier molecular flexibility index (Phi) is 6.20. The van der Waals surface area contributed by atoms with E-state index < -0.39 is 23.2 Å². The van der Waals surface area contributed by atoms with Crippen LogP contribution >= 0.6 is 0 Å². The summed E-state index contributed by atoms with van der Waals surface area (Å²) >= 11 is 0. The summed E-state index contributed by atoms with van der Waals surface area (Å²) in [6, 6.07) is 1.76. The maximum Gasteiger partial charge on any atom is 0.195 e. The first-order valence-electron chi connectivity index (χ1n) is 6.75. The highest BCUT2D eigenvalue weighted by Crippen LogP contribution is 2.23. The molecule has 0 heterocycles. The number of ketones is 1. The van der Waals surface area contributed by atoms with Gasteiger partial charge in [0.05, 0.1) is 5.56 Å². The van der Waals surface area contributed by atoms with Crippen molar-refractivity contribution in [2.45, 2.75) is 33.1 Å². The fraction of sp³-hybridized carbons (Fsp3) is 0.533. The van der Waals surface area contributed by atoms with E-state index in [0.717, 1.165) is 18.6 Å². The van der Waals surface area contributed by atoms with Crippen molar-refractivity contribution < 1.29 is 18.0 Å². The van der Waals surface area contributed by atoms with E-state index in [1.54, 1.807) is 0 Å². The molecule has 112 valence electrons. The van der Waals surface area contributed by atoms with Crippen LogP contribution in [0.2, 0.25) is 0 Å². The van der Waals surface area contributed by atoms with Crippen LogP contribution in [0.1, 0.15) is 43.5 Å². The Morgan fingerprint density at radius 2 is 1.80 bits per heavy atom. The average Bonchev–Trinajstić information content (AvgIpc) is 2.40. The van der Waals surface area contributed by atoms with E-state index in [2.05, 4.69) is 0 Å². The molecule has 1 aromatic carbocycles. The third kappa shape index (κ3) is 4.07. The molecule has 1 atom stereocenters. The number of nitrogens with two attached hydrogens (primary N) is 1. The second kappa shape index (κ2) is 7.43. The van der Waals surface area contributed by atoms with Crippen LogP contribution in [0.25, 0.3) is 0 Å². The molecule has 0 aliphatic carbocycles. The summed E-state index contributed by atoms with van der Waals surface area (Å²) in [5.41, 5.74) is 5.12. The largest absolute Gasteiger partial charge is 0.330 e. The number of benzene rings is 1. The maximum absolute atomic E-state index is 13.5. The summed E-state index contributed by atoms with van der Waals surface area (Å²) in [6.45, 7) is 4.59. The number of halogens is 3. The minimum Gasteiger partial charge on any atom is -0.330 e. The maximum atomic E-state index is 13.5. The Morgan fingerprint density at radius 3 is 2.35 bits per heavy atom. The summed E-state index contributed by atoms with van der Waals surface area (Å²) < 4.78 is 39.4. The van der Waals surface area contributed by atoms with Crippen LogP contribution in [-0.4, -0.2) is 12.3 Å². The first-order chi connectivity index (χ1) is 9.38. The first kappa shape index (κ1) is 16.7. The zero-order chi connectivity index (χ0) is 15.3. The second-order valence-corrected chi connectivity index (χ2v) is 5.27. The van der Waals surface area contributed by atoms with Gasteiger partial charge in [-0.05, 0) is 43.4 Å². The van der Waals surface area contributed by atoms with Gasteiger partial charge in [0.25, 0.3) is 0 Å². The van der Waals surface area contributed by atoms with Gasteiger partial charge < -0.3 is 5.73 Å².